The summed E-state index contributed by atoms with van der Waals surface area (Å²) in [7, 11) is 1.66. The molecule has 1 unspecified atom stereocenters. The Kier molecular flexibility index (Phi) is 4.48. The third kappa shape index (κ3) is 3.15. The van der Waals surface area contributed by atoms with Gasteiger partial charge < -0.3 is 9.47 Å². The average Bonchev–Trinajstić information content (AvgIpc) is 2.54. The van der Waals surface area contributed by atoms with Gasteiger partial charge >= 0.3 is 5.97 Å². The molecule has 3 rings (SSSR count). The maximum atomic E-state index is 11.9. The van der Waals surface area contributed by atoms with Gasteiger partial charge in [0.1, 0.15) is 17.5 Å². The summed E-state index contributed by atoms with van der Waals surface area (Å²) in [6.45, 7) is 3.93. The van der Waals surface area contributed by atoms with E-state index in [-0.39, 0.29) is 5.78 Å². The van der Waals surface area contributed by atoms with Gasteiger partial charge in [0.2, 0.25) is 0 Å². The SMILES string of the molecule is CCOC(=O)C1CN(CC2=Cc3ccc(OC)cc32)CCC1=O. The number of methoxy groups -OCH3 is 1. The quantitative estimate of drug-likeness (QED) is 0.614. The van der Waals surface area contributed by atoms with E-state index in [2.05, 4.69) is 11.0 Å². The van der Waals surface area contributed by atoms with Gasteiger partial charge in [0, 0.05) is 26.1 Å². The third-order valence-electron chi connectivity index (χ3n) is 4.41. The number of carbonyl (C=O) groups is 2. The van der Waals surface area contributed by atoms with E-state index in [1.807, 2.05) is 18.2 Å². The van der Waals surface area contributed by atoms with Gasteiger partial charge in [0.25, 0.3) is 0 Å². The van der Waals surface area contributed by atoms with E-state index in [1.54, 1.807) is 14.0 Å². The van der Waals surface area contributed by atoms with Gasteiger partial charge in [0.05, 0.1) is 13.7 Å². The second-order valence-electron chi connectivity index (χ2n) is 5.88. The van der Waals surface area contributed by atoms with Crippen LogP contribution in [0.1, 0.15) is 24.5 Å². The van der Waals surface area contributed by atoms with Crippen LogP contribution < -0.4 is 4.74 Å². The van der Waals surface area contributed by atoms with Crippen molar-refractivity contribution < 1.29 is 19.1 Å². The lowest BCUT2D eigenvalue weighted by atomic mass is 9.87. The topological polar surface area (TPSA) is 55.8 Å². The lowest BCUT2D eigenvalue weighted by Crippen LogP contribution is -2.45. The molecule has 5 heteroatoms. The number of hydrogen-bond acceptors (Lipinski definition) is 5. The number of nitrogens with zero attached hydrogens (tertiary/aromatic N) is 1. The second kappa shape index (κ2) is 6.54. The zero-order chi connectivity index (χ0) is 16.4. The van der Waals surface area contributed by atoms with Crippen LogP contribution in [0, 0.1) is 5.92 Å². The van der Waals surface area contributed by atoms with Crippen LogP contribution in [0.2, 0.25) is 0 Å². The molecule has 122 valence electrons. The predicted molar refractivity (Wildman–Crippen MR) is 87.1 cm³/mol. The van der Waals surface area contributed by atoms with Gasteiger partial charge in [-0.25, -0.2) is 0 Å². The summed E-state index contributed by atoms with van der Waals surface area (Å²) < 4.78 is 10.3. The Morgan fingerprint density at radius 3 is 2.96 bits per heavy atom. The normalized spacial score (nSPS) is 20.3. The van der Waals surface area contributed by atoms with Crippen molar-refractivity contribution in [3.63, 3.8) is 0 Å². The number of esters is 1. The van der Waals surface area contributed by atoms with Crippen LogP contribution in [0.3, 0.4) is 0 Å². The minimum absolute atomic E-state index is 0.00985. The maximum Gasteiger partial charge on any atom is 0.317 e. The summed E-state index contributed by atoms with van der Waals surface area (Å²) in [5, 5.41) is 0. The van der Waals surface area contributed by atoms with E-state index in [0.717, 1.165) is 12.3 Å². The minimum Gasteiger partial charge on any atom is -0.497 e. The van der Waals surface area contributed by atoms with Gasteiger partial charge in [-0.1, -0.05) is 6.07 Å². The zero-order valence-corrected chi connectivity index (χ0v) is 13.5. The molecule has 1 heterocycles. The molecule has 23 heavy (non-hydrogen) atoms. The van der Waals surface area contributed by atoms with E-state index in [9.17, 15) is 9.59 Å². The number of piperidine rings is 1. The Labute approximate surface area is 135 Å². The first-order chi connectivity index (χ1) is 11.1. The highest BCUT2D eigenvalue weighted by Gasteiger charge is 2.34. The molecule has 0 N–H and O–H groups in total. The first-order valence-corrected chi connectivity index (χ1v) is 7.93. The average molecular weight is 315 g/mol. The van der Waals surface area contributed by atoms with E-state index in [4.69, 9.17) is 9.47 Å². The molecule has 0 aromatic heterocycles. The third-order valence-corrected chi connectivity index (χ3v) is 4.41. The number of benzene rings is 1. The summed E-state index contributed by atoms with van der Waals surface area (Å²) in [5.74, 6) is -0.210. The molecular formula is C18H21NO4. The molecular weight excluding hydrogens is 294 g/mol. The summed E-state index contributed by atoms with van der Waals surface area (Å²) in [6.07, 6.45) is 2.55. The number of hydrogen-bond donors (Lipinski definition) is 0. The lowest BCUT2D eigenvalue weighted by Gasteiger charge is -2.33. The van der Waals surface area contributed by atoms with Crippen molar-refractivity contribution in [2.75, 3.05) is 33.4 Å². The molecule has 0 saturated carbocycles. The zero-order valence-electron chi connectivity index (χ0n) is 13.5. The van der Waals surface area contributed by atoms with Gasteiger partial charge in [-0.15, -0.1) is 0 Å². The van der Waals surface area contributed by atoms with Crippen molar-refractivity contribution in [2.45, 2.75) is 13.3 Å². The summed E-state index contributed by atoms with van der Waals surface area (Å²) in [4.78, 5) is 26.0. The Balaban J connectivity index is 1.65. The van der Waals surface area contributed by atoms with Crippen molar-refractivity contribution in [3.05, 3.63) is 29.3 Å². The molecule has 1 aromatic carbocycles. The molecule has 1 saturated heterocycles. The molecule has 0 bridgehead atoms. The van der Waals surface area contributed by atoms with Crippen molar-refractivity contribution in [3.8, 4) is 5.75 Å². The second-order valence-corrected chi connectivity index (χ2v) is 5.88. The molecule has 1 aromatic rings. The standard InChI is InChI=1S/C18H21NO4/c1-3-23-18(21)16-11-19(7-6-17(16)20)10-13-8-12-4-5-14(22-2)9-15(12)13/h4-5,8-9,16H,3,6-7,10-11H2,1-2H3. The highest BCUT2D eigenvalue weighted by molar-refractivity contribution is 6.00. The Morgan fingerprint density at radius 1 is 1.39 bits per heavy atom. The fourth-order valence-electron chi connectivity index (χ4n) is 3.11. The number of likely N-dealkylation sites (tertiary alicyclic amines) is 1. The Morgan fingerprint density at radius 2 is 2.22 bits per heavy atom. The summed E-state index contributed by atoms with van der Waals surface area (Å²) >= 11 is 0. The molecule has 0 amide bonds. The number of ether oxygens (including phenoxy) is 2. The molecule has 0 radical (unpaired) electrons. The number of Topliss-reactive ketones (excluding diaryl/α,β-unsaturated/α-hetero) is 1. The highest BCUT2D eigenvalue weighted by Crippen LogP contribution is 2.36. The smallest absolute Gasteiger partial charge is 0.317 e. The fraction of sp³-hybridized carbons (Fsp3) is 0.444. The largest absolute Gasteiger partial charge is 0.497 e. The first-order valence-electron chi connectivity index (χ1n) is 7.93. The minimum atomic E-state index is -0.644. The van der Waals surface area contributed by atoms with Crippen LogP contribution in [-0.2, 0) is 14.3 Å². The number of ketones is 1. The first kappa shape index (κ1) is 15.7. The molecule has 1 aliphatic carbocycles. The molecule has 5 nitrogen and oxygen atoms in total. The Bertz CT molecular complexity index is 665. The van der Waals surface area contributed by atoms with Gasteiger partial charge in [-0.3, -0.25) is 14.5 Å². The fourth-order valence-corrected chi connectivity index (χ4v) is 3.11. The van der Waals surface area contributed by atoms with Crippen LogP contribution in [-0.4, -0.2) is 50.0 Å². The van der Waals surface area contributed by atoms with Crippen molar-refractivity contribution in [1.82, 2.24) is 4.90 Å². The van der Waals surface area contributed by atoms with E-state index >= 15 is 0 Å². The van der Waals surface area contributed by atoms with Crippen LogP contribution in [0.4, 0.5) is 0 Å². The molecule has 1 fully saturated rings. The number of fused-ring (bicyclic) bond motifs is 1. The van der Waals surface area contributed by atoms with Gasteiger partial charge in [0.15, 0.2) is 0 Å². The van der Waals surface area contributed by atoms with Crippen LogP contribution >= 0.6 is 0 Å². The molecule has 2 aliphatic rings. The van der Waals surface area contributed by atoms with Gasteiger partial charge in [-0.05, 0) is 41.8 Å². The summed E-state index contributed by atoms with van der Waals surface area (Å²) in [5.41, 5.74) is 3.61. The maximum absolute atomic E-state index is 11.9. The van der Waals surface area contributed by atoms with Crippen LogP contribution in [0.25, 0.3) is 11.6 Å². The highest BCUT2D eigenvalue weighted by atomic mass is 16.5. The van der Waals surface area contributed by atoms with Crippen molar-refractivity contribution in [1.29, 1.82) is 0 Å². The number of carbonyl (C=O) groups excluding carboxylic acids is 2. The van der Waals surface area contributed by atoms with Crippen LogP contribution in [0.5, 0.6) is 5.75 Å². The van der Waals surface area contributed by atoms with E-state index < -0.39 is 11.9 Å². The molecule has 1 atom stereocenters. The lowest BCUT2D eigenvalue weighted by molar-refractivity contribution is -0.153. The number of rotatable bonds is 5. The van der Waals surface area contributed by atoms with Gasteiger partial charge in [-0.2, -0.15) is 0 Å². The Hall–Kier alpha value is -2.14. The van der Waals surface area contributed by atoms with Crippen molar-refractivity contribution >= 4 is 23.4 Å². The predicted octanol–water partition coefficient (Wildman–Crippen LogP) is 2.00. The van der Waals surface area contributed by atoms with Crippen molar-refractivity contribution in [2.24, 2.45) is 5.92 Å². The van der Waals surface area contributed by atoms with E-state index in [0.29, 0.717) is 26.1 Å². The molecule has 1 aliphatic heterocycles. The van der Waals surface area contributed by atoms with E-state index in [1.165, 1.54) is 16.7 Å². The van der Waals surface area contributed by atoms with Crippen LogP contribution in [0.15, 0.2) is 18.2 Å². The summed E-state index contributed by atoms with van der Waals surface area (Å²) in [6, 6.07) is 6.02. The monoisotopic (exact) mass is 315 g/mol. The molecule has 0 spiro atoms.